The van der Waals surface area contributed by atoms with E-state index in [9.17, 15) is 4.79 Å². The molecule has 0 radical (unpaired) electrons. The molecule has 1 aromatic carbocycles. The fourth-order valence-corrected chi connectivity index (χ4v) is 2.95. The molecule has 0 amide bonds. The molecule has 94 valence electrons. The van der Waals surface area contributed by atoms with Crippen molar-refractivity contribution < 1.29 is 9.53 Å². The minimum Gasteiger partial charge on any atom is -0.469 e. The van der Waals surface area contributed by atoms with Gasteiger partial charge in [-0.05, 0) is 30.4 Å². The zero-order valence-electron chi connectivity index (χ0n) is 10.6. The minimum absolute atomic E-state index is 0.112. The second-order valence-electron chi connectivity index (χ2n) is 4.90. The number of ether oxygens (including phenoxy) is 1. The van der Waals surface area contributed by atoms with Crippen LogP contribution in [0.3, 0.4) is 0 Å². The molecule has 0 N–H and O–H groups in total. The van der Waals surface area contributed by atoms with Gasteiger partial charge in [0, 0.05) is 23.7 Å². The molecule has 1 aromatic heterocycles. The summed E-state index contributed by atoms with van der Waals surface area (Å²) >= 11 is 0. The summed E-state index contributed by atoms with van der Waals surface area (Å²) < 4.78 is 7.15. The lowest BCUT2D eigenvalue weighted by molar-refractivity contribution is -0.141. The van der Waals surface area contributed by atoms with Crippen LogP contribution >= 0.6 is 0 Å². The van der Waals surface area contributed by atoms with Crippen molar-refractivity contribution in [2.24, 2.45) is 0 Å². The van der Waals surface area contributed by atoms with Gasteiger partial charge in [-0.25, -0.2) is 0 Å². The van der Waals surface area contributed by atoms with Crippen molar-refractivity contribution in [3.05, 3.63) is 36.0 Å². The van der Waals surface area contributed by atoms with Crippen LogP contribution in [0.25, 0.3) is 10.9 Å². The van der Waals surface area contributed by atoms with E-state index in [4.69, 9.17) is 4.74 Å². The molecule has 3 rings (SSSR count). The Morgan fingerprint density at radius 1 is 1.44 bits per heavy atom. The van der Waals surface area contributed by atoms with Gasteiger partial charge >= 0.3 is 5.97 Å². The van der Waals surface area contributed by atoms with E-state index in [0.29, 0.717) is 12.3 Å². The second kappa shape index (κ2) is 4.48. The highest BCUT2D eigenvalue weighted by Gasteiger charge is 2.24. The second-order valence-corrected chi connectivity index (χ2v) is 4.90. The van der Waals surface area contributed by atoms with Crippen LogP contribution in [0.5, 0.6) is 0 Å². The maximum absolute atomic E-state index is 11.5. The molecule has 0 aliphatic carbocycles. The van der Waals surface area contributed by atoms with Gasteiger partial charge in [0.1, 0.15) is 0 Å². The number of hydrogen-bond donors (Lipinski definition) is 0. The van der Waals surface area contributed by atoms with Gasteiger partial charge in [0.25, 0.3) is 0 Å². The number of methoxy groups -OCH3 is 1. The van der Waals surface area contributed by atoms with Gasteiger partial charge in [-0.15, -0.1) is 0 Å². The Kier molecular flexibility index (Phi) is 2.82. The molecule has 2 aromatic rings. The third-order valence-corrected chi connectivity index (χ3v) is 3.84. The number of benzene rings is 1. The Morgan fingerprint density at radius 3 is 3.11 bits per heavy atom. The van der Waals surface area contributed by atoms with Crippen molar-refractivity contribution >= 4 is 16.9 Å². The Bertz CT molecular complexity index is 585. The Balaban J connectivity index is 2.02. The first-order valence-electron chi connectivity index (χ1n) is 6.44. The fraction of sp³-hybridized carbons (Fsp3) is 0.400. The normalized spacial score (nSPS) is 18.6. The van der Waals surface area contributed by atoms with Crippen molar-refractivity contribution in [1.29, 1.82) is 0 Å². The summed E-state index contributed by atoms with van der Waals surface area (Å²) in [5.74, 6) is 0.192. The van der Waals surface area contributed by atoms with Gasteiger partial charge in [0.15, 0.2) is 0 Å². The molecule has 1 atom stereocenters. The van der Waals surface area contributed by atoms with Gasteiger partial charge in [-0.3, -0.25) is 4.79 Å². The van der Waals surface area contributed by atoms with Gasteiger partial charge in [0.2, 0.25) is 0 Å². The van der Waals surface area contributed by atoms with Crippen LogP contribution in [0.2, 0.25) is 0 Å². The summed E-state index contributed by atoms with van der Waals surface area (Å²) in [4.78, 5) is 11.5. The van der Waals surface area contributed by atoms with Crippen LogP contribution < -0.4 is 0 Å². The first-order chi connectivity index (χ1) is 8.79. The van der Waals surface area contributed by atoms with Crippen LogP contribution in [-0.2, 0) is 16.1 Å². The molecule has 1 unspecified atom stereocenters. The molecule has 0 bridgehead atoms. The molecule has 2 heterocycles. The van der Waals surface area contributed by atoms with Crippen LogP contribution in [0.15, 0.2) is 30.3 Å². The molecule has 0 spiro atoms. The molecule has 1 aliphatic heterocycles. The summed E-state index contributed by atoms with van der Waals surface area (Å²) in [6.45, 7) is 1.06. The van der Waals surface area contributed by atoms with E-state index in [-0.39, 0.29) is 5.97 Å². The lowest BCUT2D eigenvalue weighted by Crippen LogP contribution is -2.18. The Hall–Kier alpha value is -1.77. The summed E-state index contributed by atoms with van der Waals surface area (Å²) in [6.07, 6.45) is 2.70. The number of aromatic nitrogens is 1. The van der Waals surface area contributed by atoms with E-state index in [1.807, 2.05) is 0 Å². The van der Waals surface area contributed by atoms with Crippen molar-refractivity contribution in [3.63, 3.8) is 0 Å². The number of aryl methyl sites for hydroxylation is 1. The monoisotopic (exact) mass is 243 g/mol. The molecule has 3 heteroatoms. The number of para-hydroxylation sites is 1. The first kappa shape index (κ1) is 11.3. The Morgan fingerprint density at radius 2 is 2.28 bits per heavy atom. The van der Waals surface area contributed by atoms with Crippen molar-refractivity contribution in [2.75, 3.05) is 7.11 Å². The van der Waals surface area contributed by atoms with Crippen LogP contribution in [-0.4, -0.2) is 17.6 Å². The standard InChI is InChI=1S/C15H17NO2/c1-18-15(17)10-12-6-4-8-16-13-7-3-2-5-11(13)9-14(12)16/h2-3,5,7,9,12H,4,6,8,10H2,1H3. The van der Waals surface area contributed by atoms with E-state index in [1.54, 1.807) is 0 Å². The van der Waals surface area contributed by atoms with Gasteiger partial charge in [-0.1, -0.05) is 18.2 Å². The maximum atomic E-state index is 11.5. The van der Waals surface area contributed by atoms with Crippen LogP contribution in [0.1, 0.15) is 30.9 Å². The van der Waals surface area contributed by atoms with Crippen molar-refractivity contribution in [2.45, 2.75) is 31.7 Å². The summed E-state index contributed by atoms with van der Waals surface area (Å²) in [5, 5.41) is 1.27. The molecule has 0 saturated heterocycles. The lowest BCUT2D eigenvalue weighted by Gasteiger charge is -2.24. The number of hydrogen-bond acceptors (Lipinski definition) is 2. The predicted molar refractivity (Wildman–Crippen MR) is 70.5 cm³/mol. The van der Waals surface area contributed by atoms with E-state index >= 15 is 0 Å². The summed E-state index contributed by atoms with van der Waals surface area (Å²) in [6, 6.07) is 10.6. The smallest absolute Gasteiger partial charge is 0.306 e. The average Bonchev–Trinajstić information content (AvgIpc) is 2.78. The van der Waals surface area contributed by atoms with Gasteiger partial charge < -0.3 is 9.30 Å². The highest BCUT2D eigenvalue weighted by atomic mass is 16.5. The number of fused-ring (bicyclic) bond motifs is 3. The largest absolute Gasteiger partial charge is 0.469 e. The number of esters is 1. The molecule has 0 fully saturated rings. The lowest BCUT2D eigenvalue weighted by atomic mass is 9.93. The zero-order chi connectivity index (χ0) is 12.5. The minimum atomic E-state index is -0.112. The third kappa shape index (κ3) is 1.80. The van der Waals surface area contributed by atoms with E-state index < -0.39 is 0 Å². The zero-order valence-corrected chi connectivity index (χ0v) is 10.6. The van der Waals surface area contributed by atoms with Gasteiger partial charge in [-0.2, -0.15) is 0 Å². The number of carbonyl (C=O) groups is 1. The molecule has 18 heavy (non-hydrogen) atoms. The maximum Gasteiger partial charge on any atom is 0.306 e. The third-order valence-electron chi connectivity index (χ3n) is 3.84. The molecule has 0 saturated carbocycles. The predicted octanol–water partition coefficient (Wildman–Crippen LogP) is 3.08. The first-order valence-corrected chi connectivity index (χ1v) is 6.44. The fourth-order valence-electron chi connectivity index (χ4n) is 2.95. The highest BCUT2D eigenvalue weighted by Crippen LogP contribution is 2.35. The number of carbonyl (C=O) groups excluding carboxylic acids is 1. The molecule has 1 aliphatic rings. The average molecular weight is 243 g/mol. The molecule has 3 nitrogen and oxygen atoms in total. The molecular formula is C15H17NO2. The van der Waals surface area contributed by atoms with Crippen LogP contribution in [0.4, 0.5) is 0 Å². The van der Waals surface area contributed by atoms with Crippen molar-refractivity contribution in [3.8, 4) is 0 Å². The highest BCUT2D eigenvalue weighted by molar-refractivity contribution is 5.82. The number of rotatable bonds is 2. The quantitative estimate of drug-likeness (QED) is 0.759. The van der Waals surface area contributed by atoms with Gasteiger partial charge in [0.05, 0.1) is 13.5 Å². The SMILES string of the molecule is COC(=O)CC1CCCn2c1cc1ccccc12. The van der Waals surface area contributed by atoms with Crippen molar-refractivity contribution in [1.82, 2.24) is 4.57 Å². The van der Waals surface area contributed by atoms with Crippen LogP contribution in [0, 0.1) is 0 Å². The Labute approximate surface area is 106 Å². The summed E-state index contributed by atoms with van der Waals surface area (Å²) in [5.41, 5.74) is 2.56. The topological polar surface area (TPSA) is 31.2 Å². The number of nitrogens with zero attached hydrogens (tertiary/aromatic N) is 1. The molecular weight excluding hydrogens is 226 g/mol. The van der Waals surface area contributed by atoms with E-state index in [2.05, 4.69) is 34.9 Å². The van der Waals surface area contributed by atoms with E-state index in [1.165, 1.54) is 23.7 Å². The summed E-state index contributed by atoms with van der Waals surface area (Å²) in [7, 11) is 1.46. The van der Waals surface area contributed by atoms with E-state index in [0.717, 1.165) is 19.4 Å².